The minimum atomic E-state index is -0.572. The number of hydrogen-bond acceptors (Lipinski definition) is 4. The number of piperidine rings is 1. The van der Waals surface area contributed by atoms with Crippen molar-refractivity contribution in [1.82, 2.24) is 9.88 Å². The summed E-state index contributed by atoms with van der Waals surface area (Å²) < 4.78 is 5.43. The van der Waals surface area contributed by atoms with E-state index < -0.39 is 17.7 Å². The molecule has 6 heteroatoms. The molecule has 1 aromatic heterocycles. The van der Waals surface area contributed by atoms with E-state index in [1.165, 1.54) is 0 Å². The van der Waals surface area contributed by atoms with Crippen molar-refractivity contribution in [1.29, 1.82) is 0 Å². The summed E-state index contributed by atoms with van der Waals surface area (Å²) in [5, 5.41) is 2.90. The maximum Gasteiger partial charge on any atom is 0.410 e. The monoisotopic (exact) mass is 319 g/mol. The van der Waals surface area contributed by atoms with Crippen molar-refractivity contribution in [2.24, 2.45) is 0 Å². The smallest absolute Gasteiger partial charge is 0.410 e. The zero-order chi connectivity index (χ0) is 17.0. The molecule has 2 heterocycles. The first-order chi connectivity index (χ1) is 10.8. The highest BCUT2D eigenvalue weighted by atomic mass is 16.6. The van der Waals surface area contributed by atoms with Gasteiger partial charge in [-0.3, -0.25) is 14.7 Å². The van der Waals surface area contributed by atoms with Gasteiger partial charge in [-0.05, 0) is 58.6 Å². The number of aryl methyl sites for hydroxylation is 1. The lowest BCUT2D eigenvalue weighted by molar-refractivity contribution is -0.122. The summed E-state index contributed by atoms with van der Waals surface area (Å²) in [4.78, 5) is 30.5. The lowest BCUT2D eigenvalue weighted by Gasteiger charge is -2.35. The van der Waals surface area contributed by atoms with E-state index in [4.69, 9.17) is 4.74 Å². The normalized spacial score (nSPS) is 18.4. The van der Waals surface area contributed by atoms with Crippen LogP contribution in [0.2, 0.25) is 0 Å². The van der Waals surface area contributed by atoms with E-state index in [-0.39, 0.29) is 5.91 Å². The van der Waals surface area contributed by atoms with Crippen LogP contribution < -0.4 is 5.32 Å². The minimum Gasteiger partial charge on any atom is -0.444 e. The maximum atomic E-state index is 12.6. The molecule has 1 aliphatic heterocycles. The Morgan fingerprint density at radius 1 is 1.35 bits per heavy atom. The van der Waals surface area contributed by atoms with E-state index in [9.17, 15) is 9.59 Å². The summed E-state index contributed by atoms with van der Waals surface area (Å²) in [5.41, 5.74) is 1.04. The number of amides is 2. The van der Waals surface area contributed by atoms with Crippen LogP contribution in [0.1, 0.15) is 45.6 Å². The average Bonchev–Trinajstić information content (AvgIpc) is 2.48. The molecule has 1 fully saturated rings. The highest BCUT2D eigenvalue weighted by Gasteiger charge is 2.34. The van der Waals surface area contributed by atoms with Gasteiger partial charge in [0.15, 0.2) is 0 Å². The molecule has 0 radical (unpaired) electrons. The van der Waals surface area contributed by atoms with E-state index in [0.29, 0.717) is 13.0 Å². The third kappa shape index (κ3) is 4.68. The maximum absolute atomic E-state index is 12.6. The molecule has 1 aromatic rings. The SMILES string of the molecule is Cc1cnccc1NC(=O)[C@H]1CCCCN1C(=O)OC(C)(C)C. The quantitative estimate of drug-likeness (QED) is 0.909. The summed E-state index contributed by atoms with van der Waals surface area (Å²) in [6.07, 6.45) is 5.36. The first-order valence-electron chi connectivity index (χ1n) is 7.99. The van der Waals surface area contributed by atoms with Crippen molar-refractivity contribution >= 4 is 17.7 Å². The van der Waals surface area contributed by atoms with E-state index in [0.717, 1.165) is 24.1 Å². The molecule has 126 valence electrons. The molecule has 6 nitrogen and oxygen atoms in total. The van der Waals surface area contributed by atoms with Gasteiger partial charge in [0.2, 0.25) is 5.91 Å². The molecule has 0 aliphatic carbocycles. The number of carbonyl (C=O) groups is 2. The highest BCUT2D eigenvalue weighted by Crippen LogP contribution is 2.22. The third-order valence-electron chi connectivity index (χ3n) is 3.71. The van der Waals surface area contributed by atoms with Gasteiger partial charge < -0.3 is 10.1 Å². The molecule has 1 N–H and O–H groups in total. The van der Waals surface area contributed by atoms with Gasteiger partial charge in [0, 0.05) is 24.6 Å². The number of rotatable bonds is 2. The van der Waals surface area contributed by atoms with Crippen LogP contribution >= 0.6 is 0 Å². The van der Waals surface area contributed by atoms with Gasteiger partial charge in [0.1, 0.15) is 11.6 Å². The number of ether oxygens (including phenoxy) is 1. The molecule has 1 aliphatic rings. The second-order valence-electron chi connectivity index (χ2n) is 6.87. The van der Waals surface area contributed by atoms with E-state index in [1.807, 2.05) is 27.7 Å². The summed E-state index contributed by atoms with van der Waals surface area (Å²) >= 11 is 0. The Labute approximate surface area is 137 Å². The molecule has 23 heavy (non-hydrogen) atoms. The number of carbonyl (C=O) groups excluding carboxylic acids is 2. The van der Waals surface area contributed by atoms with Crippen LogP contribution in [-0.4, -0.2) is 40.1 Å². The van der Waals surface area contributed by atoms with E-state index in [2.05, 4.69) is 10.3 Å². The molecule has 1 saturated heterocycles. The van der Waals surface area contributed by atoms with Gasteiger partial charge in [-0.25, -0.2) is 4.79 Å². The molecule has 0 bridgehead atoms. The van der Waals surface area contributed by atoms with E-state index in [1.54, 1.807) is 23.4 Å². The largest absolute Gasteiger partial charge is 0.444 e. The summed E-state index contributed by atoms with van der Waals surface area (Å²) in [5.74, 6) is -0.176. The molecule has 2 amide bonds. The Bertz CT molecular complexity index is 581. The summed E-state index contributed by atoms with van der Waals surface area (Å²) in [6.45, 7) is 7.90. The Morgan fingerprint density at radius 2 is 2.09 bits per heavy atom. The van der Waals surface area contributed by atoms with Gasteiger partial charge in [0.25, 0.3) is 0 Å². The van der Waals surface area contributed by atoms with Crippen molar-refractivity contribution in [3.8, 4) is 0 Å². The van der Waals surface area contributed by atoms with Crippen LogP contribution in [-0.2, 0) is 9.53 Å². The third-order valence-corrected chi connectivity index (χ3v) is 3.71. The standard InChI is InChI=1S/C17H25N3O3/c1-12-11-18-9-8-13(12)19-15(21)14-7-5-6-10-20(14)16(22)23-17(2,3)4/h8-9,11,14H,5-7,10H2,1-4H3,(H,18,19,21)/t14-/m1/s1. The van der Waals surface area contributed by atoms with Crippen LogP contribution in [0.4, 0.5) is 10.5 Å². The van der Waals surface area contributed by atoms with Crippen molar-refractivity contribution < 1.29 is 14.3 Å². The van der Waals surface area contributed by atoms with Crippen LogP contribution in [0.25, 0.3) is 0 Å². The number of nitrogens with one attached hydrogen (secondary N) is 1. The number of pyridine rings is 1. The fraction of sp³-hybridized carbons (Fsp3) is 0.588. The lowest BCUT2D eigenvalue weighted by Crippen LogP contribution is -2.51. The second kappa shape index (κ2) is 6.98. The molecular weight excluding hydrogens is 294 g/mol. The zero-order valence-electron chi connectivity index (χ0n) is 14.3. The highest BCUT2D eigenvalue weighted by molar-refractivity contribution is 5.97. The number of anilines is 1. The van der Waals surface area contributed by atoms with E-state index >= 15 is 0 Å². The number of hydrogen-bond donors (Lipinski definition) is 1. The fourth-order valence-electron chi connectivity index (χ4n) is 2.57. The molecule has 0 unspecified atom stereocenters. The average molecular weight is 319 g/mol. The number of aromatic nitrogens is 1. The number of nitrogens with zero attached hydrogens (tertiary/aromatic N) is 2. The first-order valence-corrected chi connectivity index (χ1v) is 7.99. The Hall–Kier alpha value is -2.11. The second-order valence-corrected chi connectivity index (χ2v) is 6.87. The zero-order valence-corrected chi connectivity index (χ0v) is 14.3. The molecule has 1 atom stereocenters. The van der Waals surface area contributed by atoms with Crippen molar-refractivity contribution in [2.45, 2.75) is 58.6 Å². The predicted molar refractivity (Wildman–Crippen MR) is 88.2 cm³/mol. The van der Waals surface area contributed by atoms with Crippen molar-refractivity contribution in [3.63, 3.8) is 0 Å². The van der Waals surface area contributed by atoms with Gasteiger partial charge in [0.05, 0.1) is 0 Å². The lowest BCUT2D eigenvalue weighted by atomic mass is 10.0. The van der Waals surface area contributed by atoms with Gasteiger partial charge >= 0.3 is 6.09 Å². The molecular formula is C17H25N3O3. The number of likely N-dealkylation sites (tertiary alicyclic amines) is 1. The molecule has 0 aromatic carbocycles. The van der Waals surface area contributed by atoms with Crippen molar-refractivity contribution in [2.75, 3.05) is 11.9 Å². The fourth-order valence-corrected chi connectivity index (χ4v) is 2.57. The topological polar surface area (TPSA) is 71.5 Å². The van der Waals surface area contributed by atoms with Crippen molar-refractivity contribution in [3.05, 3.63) is 24.0 Å². The van der Waals surface area contributed by atoms with Gasteiger partial charge in [-0.15, -0.1) is 0 Å². The molecule has 2 rings (SSSR count). The van der Waals surface area contributed by atoms with Gasteiger partial charge in [-0.2, -0.15) is 0 Å². The molecule has 0 spiro atoms. The van der Waals surface area contributed by atoms with Gasteiger partial charge in [-0.1, -0.05) is 0 Å². The Balaban J connectivity index is 2.10. The van der Waals surface area contributed by atoms with Crippen LogP contribution in [0, 0.1) is 6.92 Å². The Kier molecular flexibility index (Phi) is 5.23. The first kappa shape index (κ1) is 17.2. The predicted octanol–water partition coefficient (Wildman–Crippen LogP) is 3.12. The Morgan fingerprint density at radius 3 is 2.74 bits per heavy atom. The minimum absolute atomic E-state index is 0.176. The molecule has 0 saturated carbocycles. The summed E-state index contributed by atoms with van der Waals surface area (Å²) in [7, 11) is 0. The van der Waals surface area contributed by atoms with Crippen LogP contribution in [0.5, 0.6) is 0 Å². The van der Waals surface area contributed by atoms with Crippen LogP contribution in [0.15, 0.2) is 18.5 Å². The van der Waals surface area contributed by atoms with Crippen LogP contribution in [0.3, 0.4) is 0 Å². The summed E-state index contributed by atoms with van der Waals surface area (Å²) in [6, 6.07) is 1.26.